The summed E-state index contributed by atoms with van der Waals surface area (Å²) in [6.07, 6.45) is 4.31. The van der Waals surface area contributed by atoms with Gasteiger partial charge in [0.15, 0.2) is 17.8 Å². The van der Waals surface area contributed by atoms with Crippen LogP contribution in [0.2, 0.25) is 0 Å². The number of ketones is 1. The van der Waals surface area contributed by atoms with E-state index in [1.54, 1.807) is 24.3 Å². The summed E-state index contributed by atoms with van der Waals surface area (Å²) in [4.78, 5) is 36.9. The second-order valence-electron chi connectivity index (χ2n) is 7.16. The van der Waals surface area contributed by atoms with Crippen LogP contribution in [0.1, 0.15) is 50.4 Å². The second-order valence-corrected chi connectivity index (χ2v) is 7.16. The number of hydrogen-bond donors (Lipinski definition) is 0. The Morgan fingerprint density at radius 3 is 2.61 bits per heavy atom. The van der Waals surface area contributed by atoms with Crippen LogP contribution in [-0.2, 0) is 17.6 Å². The van der Waals surface area contributed by atoms with E-state index in [1.165, 1.54) is 17.5 Å². The largest absolute Gasteiger partial charge is 0.451 e. The first-order chi connectivity index (χ1) is 13.5. The summed E-state index contributed by atoms with van der Waals surface area (Å²) in [6, 6.07) is 11.9. The predicted octanol–water partition coefficient (Wildman–Crippen LogP) is 4.02. The summed E-state index contributed by atoms with van der Waals surface area (Å²) in [7, 11) is 0. The molecule has 0 atom stereocenters. The van der Waals surface area contributed by atoms with Crippen molar-refractivity contribution in [2.45, 2.75) is 32.6 Å². The van der Waals surface area contributed by atoms with Gasteiger partial charge < -0.3 is 9.15 Å². The fraction of sp³-hybridized carbons (Fsp3) is 0.261. The van der Waals surface area contributed by atoms with Crippen LogP contribution >= 0.6 is 0 Å². The quantitative estimate of drug-likeness (QED) is 0.508. The Balaban J connectivity index is 1.48. The summed E-state index contributed by atoms with van der Waals surface area (Å²) in [5, 5.41) is 0.404. The molecule has 0 spiro atoms. The van der Waals surface area contributed by atoms with E-state index in [9.17, 15) is 14.4 Å². The predicted molar refractivity (Wildman–Crippen MR) is 105 cm³/mol. The molecule has 0 amide bonds. The normalized spacial score (nSPS) is 13.2. The number of aryl methyl sites for hydroxylation is 3. The number of benzene rings is 2. The number of hydrogen-bond acceptors (Lipinski definition) is 5. The highest BCUT2D eigenvalue weighted by atomic mass is 16.5. The van der Waals surface area contributed by atoms with Gasteiger partial charge in [-0.05, 0) is 61.9 Å². The van der Waals surface area contributed by atoms with Gasteiger partial charge in [0.25, 0.3) is 0 Å². The molecule has 142 valence electrons. The minimum Gasteiger partial charge on any atom is -0.451 e. The number of carbonyl (C=O) groups is 2. The highest BCUT2D eigenvalue weighted by Crippen LogP contribution is 2.22. The minimum absolute atomic E-state index is 0.209. The molecule has 5 nitrogen and oxygen atoms in total. The summed E-state index contributed by atoms with van der Waals surface area (Å²) < 4.78 is 10.6. The molecule has 0 radical (unpaired) electrons. The summed E-state index contributed by atoms with van der Waals surface area (Å²) in [6.45, 7) is 1.47. The maximum atomic E-state index is 12.4. The SMILES string of the molecule is Cc1ccc2oc(C(=O)OCC(=O)c3ccc4c(c3)CCCC4)cc(=O)c2c1. The van der Waals surface area contributed by atoms with Gasteiger partial charge in [-0.15, -0.1) is 0 Å². The van der Waals surface area contributed by atoms with Crippen LogP contribution in [0.5, 0.6) is 0 Å². The van der Waals surface area contributed by atoms with Gasteiger partial charge in [0.1, 0.15) is 5.58 Å². The minimum atomic E-state index is -0.828. The molecular weight excluding hydrogens is 356 g/mol. The van der Waals surface area contributed by atoms with Crippen molar-refractivity contribution < 1.29 is 18.7 Å². The van der Waals surface area contributed by atoms with Crippen LogP contribution < -0.4 is 5.43 Å². The molecule has 1 aliphatic carbocycles. The van der Waals surface area contributed by atoms with Crippen molar-refractivity contribution in [3.05, 3.63) is 80.7 Å². The molecule has 0 unspecified atom stereocenters. The van der Waals surface area contributed by atoms with Crippen molar-refractivity contribution in [1.29, 1.82) is 0 Å². The summed E-state index contributed by atoms with van der Waals surface area (Å²) in [5.41, 5.74) is 3.92. The Labute approximate surface area is 161 Å². The molecule has 1 aromatic heterocycles. The van der Waals surface area contributed by atoms with Crippen molar-refractivity contribution >= 4 is 22.7 Å². The molecule has 28 heavy (non-hydrogen) atoms. The molecule has 0 saturated heterocycles. The Hall–Kier alpha value is -3.21. The molecule has 0 saturated carbocycles. The molecule has 5 heteroatoms. The van der Waals surface area contributed by atoms with E-state index in [2.05, 4.69) is 0 Å². The topological polar surface area (TPSA) is 73.6 Å². The first kappa shape index (κ1) is 18.2. The van der Waals surface area contributed by atoms with Crippen LogP contribution in [0.3, 0.4) is 0 Å². The molecular formula is C23H20O5. The fourth-order valence-electron chi connectivity index (χ4n) is 3.56. The van der Waals surface area contributed by atoms with Gasteiger partial charge in [0.2, 0.25) is 5.76 Å². The first-order valence-electron chi connectivity index (χ1n) is 9.38. The Bertz CT molecular complexity index is 1140. The number of carbonyl (C=O) groups excluding carboxylic acids is 2. The zero-order chi connectivity index (χ0) is 19.7. The monoisotopic (exact) mass is 376 g/mol. The molecule has 3 aromatic rings. The zero-order valence-electron chi connectivity index (χ0n) is 15.6. The van der Waals surface area contributed by atoms with Crippen molar-refractivity contribution in [1.82, 2.24) is 0 Å². The lowest BCUT2D eigenvalue weighted by Gasteiger charge is -2.16. The molecule has 0 bridgehead atoms. The number of esters is 1. The van der Waals surface area contributed by atoms with Crippen LogP contribution in [0.25, 0.3) is 11.0 Å². The van der Waals surface area contributed by atoms with Crippen molar-refractivity contribution in [3.63, 3.8) is 0 Å². The average Bonchev–Trinajstić information content (AvgIpc) is 2.71. The van der Waals surface area contributed by atoms with Crippen LogP contribution in [0.4, 0.5) is 0 Å². The van der Waals surface area contributed by atoms with Gasteiger partial charge in [0, 0.05) is 11.6 Å². The molecule has 2 aromatic carbocycles. The first-order valence-corrected chi connectivity index (χ1v) is 9.38. The van der Waals surface area contributed by atoms with E-state index in [4.69, 9.17) is 9.15 Å². The lowest BCUT2D eigenvalue weighted by molar-refractivity contribution is 0.0444. The van der Waals surface area contributed by atoms with E-state index in [0.29, 0.717) is 16.5 Å². The van der Waals surface area contributed by atoms with Crippen molar-refractivity contribution in [2.75, 3.05) is 6.61 Å². The maximum absolute atomic E-state index is 12.4. The van der Waals surface area contributed by atoms with Gasteiger partial charge in [-0.3, -0.25) is 9.59 Å². The van der Waals surface area contributed by atoms with Gasteiger partial charge in [-0.25, -0.2) is 4.79 Å². The van der Waals surface area contributed by atoms with E-state index in [1.807, 2.05) is 19.1 Å². The van der Waals surface area contributed by atoms with Crippen LogP contribution in [-0.4, -0.2) is 18.4 Å². The van der Waals surface area contributed by atoms with E-state index in [-0.39, 0.29) is 17.0 Å². The Morgan fingerprint density at radius 1 is 1.00 bits per heavy atom. The summed E-state index contributed by atoms with van der Waals surface area (Å²) >= 11 is 0. The average molecular weight is 376 g/mol. The molecule has 1 heterocycles. The van der Waals surface area contributed by atoms with Crippen LogP contribution in [0.15, 0.2) is 51.7 Å². The highest BCUT2D eigenvalue weighted by Gasteiger charge is 2.18. The highest BCUT2D eigenvalue weighted by molar-refractivity contribution is 5.99. The second kappa shape index (κ2) is 7.43. The van der Waals surface area contributed by atoms with Crippen LogP contribution in [0, 0.1) is 6.92 Å². The van der Waals surface area contributed by atoms with E-state index < -0.39 is 12.6 Å². The maximum Gasteiger partial charge on any atom is 0.374 e. The fourth-order valence-corrected chi connectivity index (χ4v) is 3.56. The van der Waals surface area contributed by atoms with Crippen molar-refractivity contribution in [3.8, 4) is 0 Å². The third-order valence-electron chi connectivity index (χ3n) is 5.09. The molecule has 4 rings (SSSR count). The Kier molecular flexibility index (Phi) is 4.82. The third-order valence-corrected chi connectivity index (χ3v) is 5.09. The molecule has 0 aliphatic heterocycles. The number of Topliss-reactive ketones (excluding diaryl/α,β-unsaturated/α-hetero) is 1. The molecule has 0 fully saturated rings. The zero-order valence-corrected chi connectivity index (χ0v) is 15.6. The molecule has 1 aliphatic rings. The number of rotatable bonds is 4. The van der Waals surface area contributed by atoms with E-state index >= 15 is 0 Å². The lowest BCUT2D eigenvalue weighted by Crippen LogP contribution is -2.16. The smallest absolute Gasteiger partial charge is 0.374 e. The Morgan fingerprint density at radius 2 is 1.79 bits per heavy atom. The van der Waals surface area contributed by atoms with Gasteiger partial charge in [-0.1, -0.05) is 23.8 Å². The lowest BCUT2D eigenvalue weighted by atomic mass is 9.90. The standard InChI is InChI=1S/C23H20O5/c1-14-6-9-21-18(10-14)19(24)12-22(28-21)23(26)27-13-20(25)17-8-7-15-4-2-3-5-16(15)11-17/h6-12H,2-5,13H2,1H3. The van der Waals surface area contributed by atoms with E-state index in [0.717, 1.165) is 30.9 Å². The van der Waals surface area contributed by atoms with Gasteiger partial charge >= 0.3 is 5.97 Å². The third kappa shape index (κ3) is 3.60. The number of ether oxygens (including phenoxy) is 1. The van der Waals surface area contributed by atoms with Gasteiger partial charge in [0.05, 0.1) is 5.39 Å². The molecule has 0 N–H and O–H groups in total. The summed E-state index contributed by atoms with van der Waals surface area (Å²) in [5.74, 6) is -1.31. The van der Waals surface area contributed by atoms with Crippen molar-refractivity contribution in [2.24, 2.45) is 0 Å². The number of fused-ring (bicyclic) bond motifs is 2. The van der Waals surface area contributed by atoms with Gasteiger partial charge in [-0.2, -0.15) is 0 Å².